The molecule has 20 heavy (non-hydrogen) atoms. The maximum absolute atomic E-state index is 11.2. The van der Waals surface area contributed by atoms with Crippen molar-refractivity contribution < 1.29 is 9.90 Å². The van der Waals surface area contributed by atoms with E-state index in [-0.39, 0.29) is 12.0 Å². The molecule has 102 valence electrons. The molecule has 0 atom stereocenters. The Bertz CT molecular complexity index is 696. The summed E-state index contributed by atoms with van der Waals surface area (Å²) >= 11 is 0. The SMILES string of the molecule is Cc1ccc(-c2nn(CCC#N)cc2C(=O)[O-])cc1C. The zero-order chi connectivity index (χ0) is 14.7. The van der Waals surface area contributed by atoms with Crippen LogP contribution in [0.25, 0.3) is 11.3 Å². The molecule has 0 N–H and O–H groups in total. The molecule has 0 aliphatic heterocycles. The molecule has 5 heteroatoms. The number of hydrogen-bond acceptors (Lipinski definition) is 4. The Labute approximate surface area is 117 Å². The summed E-state index contributed by atoms with van der Waals surface area (Å²) in [5.74, 6) is -1.26. The molecule has 5 nitrogen and oxygen atoms in total. The number of aromatic nitrogens is 2. The van der Waals surface area contributed by atoms with Crippen LogP contribution in [0.3, 0.4) is 0 Å². The third kappa shape index (κ3) is 2.69. The highest BCUT2D eigenvalue weighted by molar-refractivity contribution is 5.93. The van der Waals surface area contributed by atoms with Crippen LogP contribution >= 0.6 is 0 Å². The number of aromatic carboxylic acids is 1. The fourth-order valence-electron chi connectivity index (χ4n) is 1.95. The minimum Gasteiger partial charge on any atom is -0.545 e. The zero-order valence-electron chi connectivity index (χ0n) is 11.4. The van der Waals surface area contributed by atoms with E-state index in [1.807, 2.05) is 38.1 Å². The van der Waals surface area contributed by atoms with Crippen molar-refractivity contribution in [2.45, 2.75) is 26.8 Å². The van der Waals surface area contributed by atoms with E-state index in [0.717, 1.165) is 16.7 Å². The fourth-order valence-corrected chi connectivity index (χ4v) is 1.95. The van der Waals surface area contributed by atoms with Gasteiger partial charge in [-0.2, -0.15) is 10.4 Å². The Morgan fingerprint density at radius 3 is 2.75 bits per heavy atom. The first-order valence-corrected chi connectivity index (χ1v) is 6.26. The van der Waals surface area contributed by atoms with Gasteiger partial charge in [-0.15, -0.1) is 0 Å². The first-order valence-electron chi connectivity index (χ1n) is 6.26. The number of nitriles is 1. The Hall–Kier alpha value is -2.61. The van der Waals surface area contributed by atoms with Crippen LogP contribution in [0, 0.1) is 25.2 Å². The average Bonchev–Trinajstić information content (AvgIpc) is 2.84. The van der Waals surface area contributed by atoms with Crippen LogP contribution in [0.2, 0.25) is 0 Å². The first-order chi connectivity index (χ1) is 9.52. The highest BCUT2D eigenvalue weighted by Gasteiger charge is 2.12. The van der Waals surface area contributed by atoms with Gasteiger partial charge in [-0.3, -0.25) is 4.68 Å². The van der Waals surface area contributed by atoms with E-state index in [1.54, 1.807) is 0 Å². The third-order valence-electron chi connectivity index (χ3n) is 3.21. The number of benzene rings is 1. The number of carbonyl (C=O) groups is 1. The standard InChI is InChI=1S/C15H15N3O2/c1-10-4-5-12(8-11(10)2)14-13(15(19)20)9-18(17-14)7-3-6-16/h4-5,8-9H,3,7H2,1-2H3,(H,19,20)/p-1. The molecule has 0 bridgehead atoms. The zero-order valence-corrected chi connectivity index (χ0v) is 11.4. The Balaban J connectivity index is 2.48. The number of nitrogens with zero attached hydrogens (tertiary/aromatic N) is 3. The molecule has 2 rings (SSSR count). The second-order valence-electron chi connectivity index (χ2n) is 4.65. The van der Waals surface area contributed by atoms with Crippen molar-refractivity contribution in [1.29, 1.82) is 5.26 Å². The van der Waals surface area contributed by atoms with Crippen LogP contribution in [0.15, 0.2) is 24.4 Å². The molecule has 0 saturated heterocycles. The van der Waals surface area contributed by atoms with Gasteiger partial charge in [0, 0.05) is 17.3 Å². The van der Waals surface area contributed by atoms with Crippen molar-refractivity contribution in [3.05, 3.63) is 41.1 Å². The Morgan fingerprint density at radius 1 is 1.40 bits per heavy atom. The van der Waals surface area contributed by atoms with E-state index in [9.17, 15) is 9.90 Å². The van der Waals surface area contributed by atoms with E-state index >= 15 is 0 Å². The molecule has 0 amide bonds. The second kappa shape index (κ2) is 5.57. The molecule has 0 saturated carbocycles. The lowest BCUT2D eigenvalue weighted by molar-refractivity contribution is -0.254. The van der Waals surface area contributed by atoms with Crippen LogP contribution in [-0.4, -0.2) is 15.7 Å². The van der Waals surface area contributed by atoms with E-state index in [2.05, 4.69) is 5.10 Å². The minimum absolute atomic E-state index is 0.0474. The Kier molecular flexibility index (Phi) is 3.85. The maximum Gasteiger partial charge on any atom is 0.101 e. The van der Waals surface area contributed by atoms with Gasteiger partial charge in [0.2, 0.25) is 0 Å². The number of carbonyl (C=O) groups excluding carboxylic acids is 1. The van der Waals surface area contributed by atoms with Gasteiger partial charge < -0.3 is 9.90 Å². The minimum atomic E-state index is -1.26. The predicted octanol–water partition coefficient (Wildman–Crippen LogP) is 1.44. The molecule has 1 aromatic carbocycles. The molecule has 0 spiro atoms. The first kappa shape index (κ1) is 13.8. The average molecular weight is 268 g/mol. The highest BCUT2D eigenvalue weighted by Crippen LogP contribution is 2.24. The van der Waals surface area contributed by atoms with E-state index in [0.29, 0.717) is 12.2 Å². The quantitative estimate of drug-likeness (QED) is 0.840. The number of rotatable bonds is 4. The summed E-state index contributed by atoms with van der Waals surface area (Å²) in [6.07, 6.45) is 1.69. The van der Waals surface area contributed by atoms with Crippen molar-refractivity contribution in [2.24, 2.45) is 0 Å². The van der Waals surface area contributed by atoms with Gasteiger partial charge in [-0.05, 0) is 31.0 Å². The van der Waals surface area contributed by atoms with Gasteiger partial charge in [-0.1, -0.05) is 12.1 Å². The smallest absolute Gasteiger partial charge is 0.101 e. The van der Waals surface area contributed by atoms with Gasteiger partial charge in [0.05, 0.1) is 25.0 Å². The summed E-state index contributed by atoms with van der Waals surface area (Å²) in [7, 11) is 0. The Morgan fingerprint density at radius 2 is 2.15 bits per heavy atom. The summed E-state index contributed by atoms with van der Waals surface area (Å²) in [5.41, 5.74) is 3.37. The van der Waals surface area contributed by atoms with E-state index < -0.39 is 5.97 Å². The van der Waals surface area contributed by atoms with Gasteiger partial charge in [0.1, 0.15) is 5.69 Å². The number of aryl methyl sites for hydroxylation is 3. The molecule has 1 heterocycles. The third-order valence-corrected chi connectivity index (χ3v) is 3.21. The maximum atomic E-state index is 11.2. The summed E-state index contributed by atoms with van der Waals surface area (Å²) in [6.45, 7) is 4.32. The van der Waals surface area contributed by atoms with Crippen molar-refractivity contribution in [1.82, 2.24) is 9.78 Å². The van der Waals surface area contributed by atoms with Crippen molar-refractivity contribution in [2.75, 3.05) is 0 Å². The molecule has 0 aliphatic carbocycles. The van der Waals surface area contributed by atoms with Crippen LogP contribution in [0.1, 0.15) is 27.9 Å². The molecule has 0 radical (unpaired) electrons. The molecule has 2 aromatic rings. The molecule has 1 aromatic heterocycles. The lowest BCUT2D eigenvalue weighted by Crippen LogP contribution is -2.22. The van der Waals surface area contributed by atoms with Gasteiger partial charge in [0.25, 0.3) is 0 Å². The molecular weight excluding hydrogens is 254 g/mol. The van der Waals surface area contributed by atoms with Crippen LogP contribution in [0.4, 0.5) is 0 Å². The monoisotopic (exact) mass is 268 g/mol. The van der Waals surface area contributed by atoms with Crippen molar-refractivity contribution in [3.63, 3.8) is 0 Å². The predicted molar refractivity (Wildman–Crippen MR) is 71.7 cm³/mol. The topological polar surface area (TPSA) is 81.7 Å². The van der Waals surface area contributed by atoms with Crippen LogP contribution in [-0.2, 0) is 6.54 Å². The van der Waals surface area contributed by atoms with Gasteiger partial charge in [0.15, 0.2) is 0 Å². The summed E-state index contributed by atoms with van der Waals surface area (Å²) in [6, 6.07) is 7.68. The summed E-state index contributed by atoms with van der Waals surface area (Å²) < 4.78 is 1.47. The number of carboxylic acid groups (broad SMARTS) is 1. The largest absolute Gasteiger partial charge is 0.545 e. The normalized spacial score (nSPS) is 10.2. The lowest BCUT2D eigenvalue weighted by Gasteiger charge is -2.05. The molecule has 0 fully saturated rings. The molecule has 0 unspecified atom stereocenters. The van der Waals surface area contributed by atoms with Gasteiger partial charge >= 0.3 is 0 Å². The molecule has 0 aliphatic rings. The number of carboxylic acids is 1. The fraction of sp³-hybridized carbons (Fsp3) is 0.267. The van der Waals surface area contributed by atoms with E-state index in [1.165, 1.54) is 10.9 Å². The van der Waals surface area contributed by atoms with Crippen LogP contribution < -0.4 is 5.11 Å². The summed E-state index contributed by atoms with van der Waals surface area (Å²) in [4.78, 5) is 11.2. The highest BCUT2D eigenvalue weighted by atomic mass is 16.4. The lowest BCUT2D eigenvalue weighted by atomic mass is 10.0. The summed E-state index contributed by atoms with van der Waals surface area (Å²) in [5, 5.41) is 24.0. The van der Waals surface area contributed by atoms with Crippen molar-refractivity contribution in [3.8, 4) is 17.3 Å². The molecular formula is C15H14N3O2-. The second-order valence-corrected chi connectivity index (χ2v) is 4.65. The van der Waals surface area contributed by atoms with Crippen LogP contribution in [0.5, 0.6) is 0 Å². The number of hydrogen-bond donors (Lipinski definition) is 0. The van der Waals surface area contributed by atoms with Crippen molar-refractivity contribution >= 4 is 5.97 Å². The van der Waals surface area contributed by atoms with Gasteiger partial charge in [-0.25, -0.2) is 0 Å². The van der Waals surface area contributed by atoms with E-state index in [4.69, 9.17) is 5.26 Å².